The van der Waals surface area contributed by atoms with Crippen LogP contribution in [0, 0.1) is 5.92 Å². The molecule has 0 amide bonds. The lowest BCUT2D eigenvalue weighted by atomic mass is 10.1. The van der Waals surface area contributed by atoms with E-state index in [1.807, 2.05) is 12.4 Å². The Hall–Kier alpha value is -0.890. The van der Waals surface area contributed by atoms with Crippen LogP contribution in [0.25, 0.3) is 0 Å². The van der Waals surface area contributed by atoms with Crippen molar-refractivity contribution >= 4 is 0 Å². The zero-order chi connectivity index (χ0) is 7.68. The van der Waals surface area contributed by atoms with Crippen molar-refractivity contribution in [2.45, 2.75) is 12.3 Å². The van der Waals surface area contributed by atoms with E-state index in [1.54, 1.807) is 0 Å². The lowest BCUT2D eigenvalue weighted by Gasteiger charge is -1.95. The van der Waals surface area contributed by atoms with Crippen molar-refractivity contribution in [3.05, 3.63) is 30.1 Å². The van der Waals surface area contributed by atoms with Gasteiger partial charge in [0.1, 0.15) is 0 Å². The maximum atomic E-state index is 5.55. The molecular weight excluding hydrogens is 136 g/mol. The van der Waals surface area contributed by atoms with E-state index < -0.39 is 0 Å². The molecule has 0 bridgehead atoms. The molecular formula is C9H12N2. The zero-order valence-corrected chi connectivity index (χ0v) is 6.40. The first kappa shape index (κ1) is 6.80. The smallest absolute Gasteiger partial charge is 0.0270 e. The van der Waals surface area contributed by atoms with Gasteiger partial charge in [-0.1, -0.05) is 0 Å². The molecule has 2 rings (SSSR count). The molecule has 58 valence electrons. The highest BCUT2D eigenvalue weighted by atomic mass is 14.6. The van der Waals surface area contributed by atoms with Crippen molar-refractivity contribution in [2.24, 2.45) is 11.7 Å². The summed E-state index contributed by atoms with van der Waals surface area (Å²) in [6, 6.07) is 4.17. The highest BCUT2D eigenvalue weighted by Crippen LogP contribution is 2.46. The maximum Gasteiger partial charge on any atom is 0.0270 e. The maximum absolute atomic E-state index is 5.55. The van der Waals surface area contributed by atoms with E-state index in [1.165, 1.54) is 12.0 Å². The molecule has 1 heterocycles. The molecule has 1 aromatic heterocycles. The molecule has 2 atom stereocenters. The van der Waals surface area contributed by atoms with Gasteiger partial charge in [0.05, 0.1) is 0 Å². The summed E-state index contributed by atoms with van der Waals surface area (Å²) in [7, 11) is 0. The van der Waals surface area contributed by atoms with Gasteiger partial charge < -0.3 is 5.73 Å². The molecule has 1 aliphatic carbocycles. The average molecular weight is 148 g/mol. The summed E-state index contributed by atoms with van der Waals surface area (Å²) in [5, 5.41) is 0. The number of nitrogens with zero attached hydrogens (tertiary/aromatic N) is 1. The second-order valence-corrected chi connectivity index (χ2v) is 3.12. The normalized spacial score (nSPS) is 28.5. The van der Waals surface area contributed by atoms with Crippen LogP contribution in [0.5, 0.6) is 0 Å². The fourth-order valence-electron chi connectivity index (χ4n) is 1.53. The quantitative estimate of drug-likeness (QED) is 0.683. The third-order valence-corrected chi connectivity index (χ3v) is 2.36. The first-order valence-corrected chi connectivity index (χ1v) is 4.02. The number of rotatable bonds is 2. The van der Waals surface area contributed by atoms with Crippen molar-refractivity contribution in [3.63, 3.8) is 0 Å². The van der Waals surface area contributed by atoms with Crippen molar-refractivity contribution < 1.29 is 0 Å². The summed E-state index contributed by atoms with van der Waals surface area (Å²) < 4.78 is 0. The number of hydrogen-bond acceptors (Lipinski definition) is 2. The van der Waals surface area contributed by atoms with E-state index in [4.69, 9.17) is 5.73 Å². The third kappa shape index (κ3) is 1.26. The predicted octanol–water partition coefficient (Wildman–Crippen LogP) is 1.14. The largest absolute Gasteiger partial charge is 0.330 e. The molecule has 1 aliphatic rings. The topological polar surface area (TPSA) is 38.9 Å². The van der Waals surface area contributed by atoms with Crippen LogP contribution in [-0.2, 0) is 0 Å². The van der Waals surface area contributed by atoms with Gasteiger partial charge in [0.25, 0.3) is 0 Å². The summed E-state index contributed by atoms with van der Waals surface area (Å²) in [6.45, 7) is 0.826. The molecule has 0 unspecified atom stereocenters. The van der Waals surface area contributed by atoms with Crippen LogP contribution in [0.2, 0.25) is 0 Å². The molecule has 11 heavy (non-hydrogen) atoms. The molecule has 0 spiro atoms. The SMILES string of the molecule is NC[C@H]1C[C@H]1c1ccncc1. The minimum absolute atomic E-state index is 0.725. The van der Waals surface area contributed by atoms with Gasteiger partial charge in [-0.25, -0.2) is 0 Å². The highest BCUT2D eigenvalue weighted by molar-refractivity contribution is 5.23. The summed E-state index contributed by atoms with van der Waals surface area (Å²) in [5.74, 6) is 1.46. The van der Waals surface area contributed by atoms with Gasteiger partial charge >= 0.3 is 0 Å². The Balaban J connectivity index is 2.09. The Morgan fingerprint density at radius 2 is 2.18 bits per heavy atom. The monoisotopic (exact) mass is 148 g/mol. The lowest BCUT2D eigenvalue weighted by Crippen LogP contribution is -2.01. The van der Waals surface area contributed by atoms with Crippen molar-refractivity contribution in [1.29, 1.82) is 0 Å². The Kier molecular flexibility index (Phi) is 1.62. The molecule has 2 nitrogen and oxygen atoms in total. The molecule has 2 N–H and O–H groups in total. The second kappa shape index (κ2) is 2.62. The molecule has 1 fully saturated rings. The fourth-order valence-corrected chi connectivity index (χ4v) is 1.53. The highest BCUT2D eigenvalue weighted by Gasteiger charge is 2.36. The second-order valence-electron chi connectivity index (χ2n) is 3.12. The van der Waals surface area contributed by atoms with E-state index in [0.717, 1.165) is 18.4 Å². The zero-order valence-electron chi connectivity index (χ0n) is 6.40. The van der Waals surface area contributed by atoms with Crippen LogP contribution >= 0.6 is 0 Å². The van der Waals surface area contributed by atoms with Gasteiger partial charge in [-0.15, -0.1) is 0 Å². The minimum Gasteiger partial charge on any atom is -0.330 e. The molecule has 0 radical (unpaired) electrons. The summed E-state index contributed by atoms with van der Waals surface area (Å²) in [5.41, 5.74) is 6.94. The summed E-state index contributed by atoms with van der Waals surface area (Å²) >= 11 is 0. The average Bonchev–Trinajstić information content (AvgIpc) is 2.85. The molecule has 0 aromatic carbocycles. The standard InChI is InChI=1S/C9H12N2/c10-6-8-5-9(8)7-1-3-11-4-2-7/h1-4,8-9H,5-6,10H2/t8-,9+/m1/s1. The van der Waals surface area contributed by atoms with Gasteiger partial charge in [-0.3, -0.25) is 4.98 Å². The van der Waals surface area contributed by atoms with Crippen LogP contribution in [-0.4, -0.2) is 11.5 Å². The Morgan fingerprint density at radius 1 is 1.45 bits per heavy atom. The predicted molar refractivity (Wildman–Crippen MR) is 44.1 cm³/mol. The van der Waals surface area contributed by atoms with Gasteiger partial charge in [0.15, 0.2) is 0 Å². The Labute approximate surface area is 66.4 Å². The first-order valence-electron chi connectivity index (χ1n) is 4.02. The fraction of sp³-hybridized carbons (Fsp3) is 0.444. The Morgan fingerprint density at radius 3 is 2.73 bits per heavy atom. The van der Waals surface area contributed by atoms with Crippen LogP contribution in [0.1, 0.15) is 17.9 Å². The van der Waals surface area contributed by atoms with Crippen LogP contribution in [0.15, 0.2) is 24.5 Å². The first-order chi connectivity index (χ1) is 5.42. The van der Waals surface area contributed by atoms with Crippen LogP contribution in [0.4, 0.5) is 0 Å². The molecule has 0 aliphatic heterocycles. The molecule has 0 saturated heterocycles. The molecule has 2 heteroatoms. The van der Waals surface area contributed by atoms with E-state index in [-0.39, 0.29) is 0 Å². The van der Waals surface area contributed by atoms with E-state index in [0.29, 0.717) is 0 Å². The van der Waals surface area contributed by atoms with Crippen molar-refractivity contribution in [3.8, 4) is 0 Å². The number of pyridine rings is 1. The van der Waals surface area contributed by atoms with Gasteiger partial charge in [-0.05, 0) is 42.5 Å². The van der Waals surface area contributed by atoms with E-state index in [9.17, 15) is 0 Å². The minimum atomic E-state index is 0.725. The van der Waals surface area contributed by atoms with E-state index >= 15 is 0 Å². The third-order valence-electron chi connectivity index (χ3n) is 2.36. The van der Waals surface area contributed by atoms with Gasteiger partial charge in [-0.2, -0.15) is 0 Å². The molecule has 1 saturated carbocycles. The summed E-state index contributed by atoms with van der Waals surface area (Å²) in [4.78, 5) is 3.98. The van der Waals surface area contributed by atoms with Crippen molar-refractivity contribution in [2.75, 3.05) is 6.54 Å². The Bertz CT molecular complexity index is 233. The number of nitrogens with two attached hydrogens (primary N) is 1. The van der Waals surface area contributed by atoms with Gasteiger partial charge in [0, 0.05) is 12.4 Å². The van der Waals surface area contributed by atoms with Crippen molar-refractivity contribution in [1.82, 2.24) is 4.98 Å². The van der Waals surface area contributed by atoms with Crippen LogP contribution < -0.4 is 5.73 Å². The lowest BCUT2D eigenvalue weighted by molar-refractivity contribution is 0.809. The number of aromatic nitrogens is 1. The van der Waals surface area contributed by atoms with Crippen LogP contribution in [0.3, 0.4) is 0 Å². The summed E-state index contributed by atoms with van der Waals surface area (Å²) in [6.07, 6.45) is 4.96. The number of hydrogen-bond donors (Lipinski definition) is 1. The van der Waals surface area contributed by atoms with E-state index in [2.05, 4.69) is 17.1 Å². The molecule has 1 aromatic rings. The van der Waals surface area contributed by atoms with Gasteiger partial charge in [0.2, 0.25) is 0 Å².